The number of piperidine rings is 1. The van der Waals surface area contributed by atoms with Gasteiger partial charge in [-0.05, 0) is 44.4 Å². The normalized spacial score (nSPS) is 16.3. The predicted octanol–water partition coefficient (Wildman–Crippen LogP) is 2.90. The van der Waals surface area contributed by atoms with E-state index in [0.717, 1.165) is 32.4 Å². The van der Waals surface area contributed by atoms with Crippen LogP contribution < -0.4 is 10.1 Å². The lowest BCUT2D eigenvalue weighted by atomic mass is 10.0. The number of halogens is 1. The van der Waals surface area contributed by atoms with Crippen molar-refractivity contribution in [2.24, 2.45) is 0 Å². The van der Waals surface area contributed by atoms with Crippen molar-refractivity contribution in [3.05, 3.63) is 28.8 Å². The van der Waals surface area contributed by atoms with Gasteiger partial charge < -0.3 is 24.4 Å². The van der Waals surface area contributed by atoms with Crippen LogP contribution in [-0.4, -0.2) is 69.4 Å². The predicted molar refractivity (Wildman–Crippen MR) is 112 cm³/mol. The van der Waals surface area contributed by atoms with E-state index in [1.165, 1.54) is 7.11 Å². The molecule has 162 valence electrons. The number of hydrogen-bond acceptors (Lipinski definition) is 6. The van der Waals surface area contributed by atoms with Crippen molar-refractivity contribution in [3.8, 4) is 5.75 Å². The van der Waals surface area contributed by atoms with E-state index in [4.69, 9.17) is 25.8 Å². The van der Waals surface area contributed by atoms with Gasteiger partial charge >= 0.3 is 5.97 Å². The SMILES string of the molecule is COCCNC(=O)c1ccc(OC2CCN([C@H](C)CCC(=O)OC)CC2)c(Cl)c1. The highest BCUT2D eigenvalue weighted by atomic mass is 35.5. The summed E-state index contributed by atoms with van der Waals surface area (Å²) in [6.07, 6.45) is 3.08. The summed E-state index contributed by atoms with van der Waals surface area (Å²) >= 11 is 6.33. The minimum atomic E-state index is -0.190. The fourth-order valence-corrected chi connectivity index (χ4v) is 3.56. The zero-order valence-electron chi connectivity index (χ0n) is 17.4. The second-order valence-electron chi connectivity index (χ2n) is 7.21. The molecule has 0 unspecified atom stereocenters. The molecule has 0 aliphatic carbocycles. The Balaban J connectivity index is 1.81. The molecule has 2 rings (SSSR count). The maximum absolute atomic E-state index is 12.1. The van der Waals surface area contributed by atoms with Crippen LogP contribution in [0.3, 0.4) is 0 Å². The van der Waals surface area contributed by atoms with Crippen LogP contribution in [0.15, 0.2) is 18.2 Å². The molecule has 1 aliphatic rings. The number of nitrogens with zero attached hydrogens (tertiary/aromatic N) is 1. The highest BCUT2D eigenvalue weighted by molar-refractivity contribution is 6.32. The number of benzene rings is 1. The third-order valence-electron chi connectivity index (χ3n) is 5.17. The van der Waals surface area contributed by atoms with Gasteiger partial charge in [0.05, 0.1) is 18.7 Å². The molecule has 1 aromatic rings. The first-order valence-electron chi connectivity index (χ1n) is 9.98. The second-order valence-corrected chi connectivity index (χ2v) is 7.62. The average Bonchev–Trinajstić information content (AvgIpc) is 2.73. The van der Waals surface area contributed by atoms with Crippen LogP contribution in [0, 0.1) is 0 Å². The highest BCUT2D eigenvalue weighted by Crippen LogP contribution is 2.29. The minimum absolute atomic E-state index is 0.0814. The van der Waals surface area contributed by atoms with Crippen LogP contribution in [0.1, 0.15) is 43.0 Å². The van der Waals surface area contributed by atoms with E-state index in [0.29, 0.717) is 41.9 Å². The molecule has 0 bridgehead atoms. The summed E-state index contributed by atoms with van der Waals surface area (Å²) < 4.78 is 15.7. The number of carbonyl (C=O) groups is 2. The number of methoxy groups -OCH3 is 2. The fourth-order valence-electron chi connectivity index (χ4n) is 3.33. The summed E-state index contributed by atoms with van der Waals surface area (Å²) in [4.78, 5) is 25.8. The van der Waals surface area contributed by atoms with E-state index in [2.05, 4.69) is 17.1 Å². The molecule has 1 heterocycles. The van der Waals surface area contributed by atoms with Gasteiger partial charge in [0.25, 0.3) is 5.91 Å². The monoisotopic (exact) mass is 426 g/mol. The fraction of sp³-hybridized carbons (Fsp3) is 0.619. The first-order chi connectivity index (χ1) is 13.9. The molecule has 1 saturated heterocycles. The van der Waals surface area contributed by atoms with Gasteiger partial charge in [-0.25, -0.2) is 0 Å². The quantitative estimate of drug-likeness (QED) is 0.458. The Morgan fingerprint density at radius 1 is 1.28 bits per heavy atom. The van der Waals surface area contributed by atoms with Crippen LogP contribution in [0.2, 0.25) is 5.02 Å². The van der Waals surface area contributed by atoms with E-state index in [-0.39, 0.29) is 18.0 Å². The van der Waals surface area contributed by atoms with Gasteiger partial charge in [0.15, 0.2) is 0 Å². The largest absolute Gasteiger partial charge is 0.489 e. The molecule has 1 amide bonds. The minimum Gasteiger partial charge on any atom is -0.489 e. The summed E-state index contributed by atoms with van der Waals surface area (Å²) in [5.74, 6) is 0.239. The van der Waals surface area contributed by atoms with Gasteiger partial charge in [-0.3, -0.25) is 9.59 Å². The topological polar surface area (TPSA) is 77.1 Å². The number of amides is 1. The number of esters is 1. The molecular weight excluding hydrogens is 396 g/mol. The molecule has 1 aromatic carbocycles. The van der Waals surface area contributed by atoms with Crippen molar-refractivity contribution in [1.29, 1.82) is 0 Å². The summed E-state index contributed by atoms with van der Waals surface area (Å²) in [6, 6.07) is 5.42. The van der Waals surface area contributed by atoms with Gasteiger partial charge in [0, 0.05) is 44.8 Å². The van der Waals surface area contributed by atoms with E-state index in [9.17, 15) is 9.59 Å². The maximum Gasteiger partial charge on any atom is 0.305 e. The van der Waals surface area contributed by atoms with Crippen molar-refractivity contribution >= 4 is 23.5 Å². The van der Waals surface area contributed by atoms with Crippen LogP contribution in [0.4, 0.5) is 0 Å². The number of ether oxygens (including phenoxy) is 3. The second kappa shape index (κ2) is 12.0. The smallest absolute Gasteiger partial charge is 0.305 e. The zero-order chi connectivity index (χ0) is 21.2. The molecule has 1 atom stereocenters. The lowest BCUT2D eigenvalue weighted by molar-refractivity contribution is -0.141. The van der Waals surface area contributed by atoms with Crippen LogP contribution >= 0.6 is 11.6 Å². The van der Waals surface area contributed by atoms with Crippen molar-refractivity contribution in [3.63, 3.8) is 0 Å². The third-order valence-corrected chi connectivity index (χ3v) is 5.47. The van der Waals surface area contributed by atoms with E-state index in [1.54, 1.807) is 25.3 Å². The van der Waals surface area contributed by atoms with E-state index in [1.807, 2.05) is 0 Å². The van der Waals surface area contributed by atoms with Gasteiger partial charge in [0.1, 0.15) is 11.9 Å². The molecule has 0 aromatic heterocycles. The molecule has 1 aliphatic heterocycles. The molecular formula is C21H31ClN2O5. The molecule has 0 spiro atoms. The Labute approximate surface area is 177 Å². The molecule has 0 saturated carbocycles. The van der Waals surface area contributed by atoms with Gasteiger partial charge in [-0.1, -0.05) is 11.6 Å². The molecule has 8 heteroatoms. The standard InChI is InChI=1S/C21H31ClN2O5/c1-15(4-7-20(25)28-3)24-11-8-17(9-12-24)29-19-6-5-16(14-18(19)22)21(26)23-10-13-27-2/h5-6,14-15,17H,4,7-13H2,1-3H3,(H,23,26)/t15-/m1/s1. The van der Waals surface area contributed by atoms with Crippen molar-refractivity contribution < 1.29 is 23.8 Å². The van der Waals surface area contributed by atoms with Crippen molar-refractivity contribution in [2.45, 2.75) is 44.8 Å². The van der Waals surface area contributed by atoms with Crippen molar-refractivity contribution in [1.82, 2.24) is 10.2 Å². The molecule has 0 radical (unpaired) electrons. The molecule has 1 fully saturated rings. The number of carbonyl (C=O) groups excluding carboxylic acids is 2. The van der Waals surface area contributed by atoms with Gasteiger partial charge in [-0.15, -0.1) is 0 Å². The highest BCUT2D eigenvalue weighted by Gasteiger charge is 2.25. The summed E-state index contributed by atoms with van der Waals surface area (Å²) in [7, 11) is 3.00. The summed E-state index contributed by atoms with van der Waals surface area (Å²) in [5.41, 5.74) is 0.493. The van der Waals surface area contributed by atoms with E-state index < -0.39 is 0 Å². The Morgan fingerprint density at radius 3 is 2.62 bits per heavy atom. The number of likely N-dealkylation sites (tertiary alicyclic amines) is 1. The Kier molecular flexibility index (Phi) is 9.70. The third kappa shape index (κ3) is 7.49. The van der Waals surface area contributed by atoms with Gasteiger partial charge in [0.2, 0.25) is 0 Å². The lowest BCUT2D eigenvalue weighted by Crippen LogP contribution is -2.43. The average molecular weight is 427 g/mol. The number of nitrogens with one attached hydrogen (secondary N) is 1. The Hall–Kier alpha value is -1.83. The van der Waals surface area contributed by atoms with Gasteiger partial charge in [-0.2, -0.15) is 0 Å². The summed E-state index contributed by atoms with van der Waals surface area (Å²) in [6.45, 7) is 4.86. The van der Waals surface area contributed by atoms with Crippen LogP contribution in [-0.2, 0) is 14.3 Å². The number of hydrogen-bond donors (Lipinski definition) is 1. The zero-order valence-corrected chi connectivity index (χ0v) is 18.2. The van der Waals surface area contributed by atoms with Crippen LogP contribution in [0.5, 0.6) is 5.75 Å². The first-order valence-corrected chi connectivity index (χ1v) is 10.4. The van der Waals surface area contributed by atoms with Crippen LogP contribution in [0.25, 0.3) is 0 Å². The van der Waals surface area contributed by atoms with E-state index >= 15 is 0 Å². The molecule has 7 nitrogen and oxygen atoms in total. The Morgan fingerprint density at radius 2 is 2.00 bits per heavy atom. The summed E-state index contributed by atoms with van der Waals surface area (Å²) in [5, 5.41) is 3.20. The molecule has 29 heavy (non-hydrogen) atoms. The maximum atomic E-state index is 12.1. The Bertz CT molecular complexity index is 677. The van der Waals surface area contributed by atoms with Crippen molar-refractivity contribution in [2.75, 3.05) is 40.5 Å². The first kappa shape index (κ1) is 23.4. The lowest BCUT2D eigenvalue weighted by Gasteiger charge is -2.36. The number of rotatable bonds is 10. The molecule has 1 N–H and O–H groups in total.